The Labute approximate surface area is 118 Å². The van der Waals surface area contributed by atoms with Crippen LogP contribution in [-0.4, -0.2) is 46.2 Å². The van der Waals surface area contributed by atoms with Crippen molar-refractivity contribution in [1.29, 1.82) is 0 Å². The van der Waals surface area contributed by atoms with Crippen molar-refractivity contribution in [2.45, 2.75) is 32.3 Å². The summed E-state index contributed by atoms with van der Waals surface area (Å²) in [6, 6.07) is 0. The van der Waals surface area contributed by atoms with Crippen LogP contribution in [0, 0.1) is 17.8 Å². The number of aliphatic carboxylic acids is 1. The average Bonchev–Trinajstić information content (AvgIpc) is 2.68. The molecule has 1 fully saturated rings. The van der Waals surface area contributed by atoms with Crippen molar-refractivity contribution in [1.82, 2.24) is 5.32 Å². The van der Waals surface area contributed by atoms with Gasteiger partial charge in [0.15, 0.2) is 0 Å². The van der Waals surface area contributed by atoms with E-state index in [1.807, 2.05) is 13.2 Å². The Morgan fingerprint density at radius 2 is 1.95 bits per heavy atom. The second-order valence-corrected chi connectivity index (χ2v) is 6.64. The molecule has 0 spiro atoms. The number of thioether (sulfide) groups is 1. The third kappa shape index (κ3) is 4.69. The Hall–Kier alpha value is -0.750. The van der Waals surface area contributed by atoms with E-state index >= 15 is 0 Å². The van der Waals surface area contributed by atoms with Crippen LogP contribution in [-0.2, 0) is 9.59 Å². The van der Waals surface area contributed by atoms with Gasteiger partial charge in [-0.05, 0) is 31.9 Å². The van der Waals surface area contributed by atoms with Gasteiger partial charge in [-0.1, -0.05) is 6.92 Å². The van der Waals surface area contributed by atoms with E-state index in [1.54, 1.807) is 6.92 Å². The highest BCUT2D eigenvalue weighted by Crippen LogP contribution is 2.36. The second kappa shape index (κ2) is 6.61. The number of carbonyl (C=O) groups excluding carboxylic acids is 1. The minimum absolute atomic E-state index is 0.157. The Morgan fingerprint density at radius 3 is 2.47 bits per heavy atom. The molecule has 0 saturated heterocycles. The first kappa shape index (κ1) is 16.3. The first-order valence-electron chi connectivity index (χ1n) is 6.48. The lowest BCUT2D eigenvalue weighted by Crippen LogP contribution is -2.45. The van der Waals surface area contributed by atoms with Gasteiger partial charge in [-0.3, -0.25) is 9.59 Å². The second-order valence-electron chi connectivity index (χ2n) is 5.78. The summed E-state index contributed by atoms with van der Waals surface area (Å²) in [6.07, 6.45) is 3.04. The maximum atomic E-state index is 12.1. The van der Waals surface area contributed by atoms with Gasteiger partial charge in [-0.25, -0.2) is 0 Å². The molecule has 6 heteroatoms. The van der Waals surface area contributed by atoms with Crippen molar-refractivity contribution >= 4 is 23.6 Å². The smallest absolute Gasteiger partial charge is 0.307 e. The molecule has 4 atom stereocenters. The molecule has 0 aromatic heterocycles. The van der Waals surface area contributed by atoms with Gasteiger partial charge in [0.2, 0.25) is 5.91 Å². The maximum Gasteiger partial charge on any atom is 0.307 e. The third-order valence-electron chi connectivity index (χ3n) is 3.55. The molecule has 0 aliphatic heterocycles. The Balaban J connectivity index is 2.55. The van der Waals surface area contributed by atoms with Gasteiger partial charge in [0.05, 0.1) is 17.4 Å². The highest BCUT2D eigenvalue weighted by molar-refractivity contribution is 7.98. The zero-order valence-electron chi connectivity index (χ0n) is 11.7. The Bertz CT molecular complexity index is 346. The number of nitrogens with one attached hydrogen (secondary N) is 1. The van der Waals surface area contributed by atoms with Gasteiger partial charge in [-0.15, -0.1) is 0 Å². The first-order valence-corrected chi connectivity index (χ1v) is 7.88. The molecule has 2 unspecified atom stereocenters. The molecule has 0 bridgehead atoms. The molecule has 0 radical (unpaired) electrons. The van der Waals surface area contributed by atoms with Crippen LogP contribution in [0.4, 0.5) is 0 Å². The molecule has 19 heavy (non-hydrogen) atoms. The molecule has 1 amide bonds. The molecule has 5 nitrogen and oxygen atoms in total. The average molecular weight is 289 g/mol. The topological polar surface area (TPSA) is 86.6 Å². The minimum atomic E-state index is -0.960. The molecule has 0 heterocycles. The van der Waals surface area contributed by atoms with Gasteiger partial charge in [0.1, 0.15) is 0 Å². The Kier molecular flexibility index (Phi) is 5.67. The lowest BCUT2D eigenvalue weighted by Gasteiger charge is -2.24. The molecule has 1 saturated carbocycles. The summed E-state index contributed by atoms with van der Waals surface area (Å²) in [5.74, 6) is -1.45. The van der Waals surface area contributed by atoms with Gasteiger partial charge in [0, 0.05) is 12.3 Å². The van der Waals surface area contributed by atoms with Crippen molar-refractivity contribution in [3.63, 3.8) is 0 Å². The molecule has 0 aromatic rings. The van der Waals surface area contributed by atoms with Crippen LogP contribution in [0.3, 0.4) is 0 Å². The summed E-state index contributed by atoms with van der Waals surface area (Å²) in [4.78, 5) is 23.2. The third-order valence-corrected chi connectivity index (χ3v) is 4.46. The van der Waals surface area contributed by atoms with Crippen LogP contribution < -0.4 is 5.32 Å². The van der Waals surface area contributed by atoms with Gasteiger partial charge in [0.25, 0.3) is 0 Å². The van der Waals surface area contributed by atoms with Crippen molar-refractivity contribution in [2.24, 2.45) is 17.8 Å². The van der Waals surface area contributed by atoms with Crippen LogP contribution in [0.25, 0.3) is 0 Å². The number of hydrogen-bond acceptors (Lipinski definition) is 4. The fourth-order valence-corrected chi connectivity index (χ4v) is 3.35. The summed E-state index contributed by atoms with van der Waals surface area (Å²) in [5, 5.41) is 21.8. The number of carboxylic acids is 1. The summed E-state index contributed by atoms with van der Waals surface area (Å²) >= 11 is 1.50. The quantitative estimate of drug-likeness (QED) is 0.678. The van der Waals surface area contributed by atoms with Crippen molar-refractivity contribution in [2.75, 3.05) is 18.6 Å². The van der Waals surface area contributed by atoms with E-state index in [9.17, 15) is 14.7 Å². The van der Waals surface area contributed by atoms with Crippen molar-refractivity contribution < 1.29 is 19.8 Å². The number of amides is 1. The van der Waals surface area contributed by atoms with Gasteiger partial charge >= 0.3 is 5.97 Å². The molecule has 3 N–H and O–H groups in total. The highest BCUT2D eigenvalue weighted by Gasteiger charge is 2.41. The normalized spacial score (nSPS) is 29.8. The van der Waals surface area contributed by atoms with Crippen LogP contribution in [0.2, 0.25) is 0 Å². The van der Waals surface area contributed by atoms with E-state index in [0.717, 1.165) is 0 Å². The molecule has 0 aromatic carbocycles. The van der Waals surface area contributed by atoms with Gasteiger partial charge in [-0.2, -0.15) is 11.8 Å². The molecule has 110 valence electrons. The Morgan fingerprint density at radius 1 is 1.37 bits per heavy atom. The van der Waals surface area contributed by atoms with E-state index in [4.69, 9.17) is 5.11 Å². The zero-order chi connectivity index (χ0) is 14.6. The standard InChI is InChI=1S/C13H23NO4S/c1-8-4-9(10(5-8)12(16)17)11(15)14-6-13(2,18)7-19-3/h8-10,18H,4-7H2,1-3H3,(H,14,15)(H,16,17)/t8?,9-,10+,13?/m0/s1. The van der Waals surface area contributed by atoms with Crippen molar-refractivity contribution in [3.05, 3.63) is 0 Å². The predicted octanol–water partition coefficient (Wildman–Crippen LogP) is 0.963. The van der Waals surface area contributed by atoms with Crippen LogP contribution in [0.5, 0.6) is 0 Å². The molecular formula is C13H23NO4S. The van der Waals surface area contributed by atoms with Gasteiger partial charge < -0.3 is 15.5 Å². The monoisotopic (exact) mass is 289 g/mol. The fourth-order valence-electron chi connectivity index (χ4n) is 2.63. The fraction of sp³-hybridized carbons (Fsp3) is 0.846. The van der Waals surface area contributed by atoms with Crippen molar-refractivity contribution in [3.8, 4) is 0 Å². The van der Waals surface area contributed by atoms with Crippen LogP contribution in [0.1, 0.15) is 26.7 Å². The number of rotatable bonds is 6. The summed E-state index contributed by atoms with van der Waals surface area (Å²) in [7, 11) is 0. The minimum Gasteiger partial charge on any atom is -0.481 e. The lowest BCUT2D eigenvalue weighted by atomic mass is 9.95. The summed E-state index contributed by atoms with van der Waals surface area (Å²) in [5.41, 5.74) is -0.960. The molecule has 1 aliphatic carbocycles. The number of carbonyl (C=O) groups is 2. The van der Waals surface area contributed by atoms with Crippen LogP contribution in [0.15, 0.2) is 0 Å². The summed E-state index contributed by atoms with van der Waals surface area (Å²) in [6.45, 7) is 3.78. The molecule has 1 aliphatic rings. The summed E-state index contributed by atoms with van der Waals surface area (Å²) < 4.78 is 0. The first-order chi connectivity index (χ1) is 8.76. The maximum absolute atomic E-state index is 12.1. The molecule has 1 rings (SSSR count). The highest BCUT2D eigenvalue weighted by atomic mass is 32.2. The molecular weight excluding hydrogens is 266 g/mol. The number of aliphatic hydroxyl groups is 1. The van der Waals surface area contributed by atoms with E-state index in [2.05, 4.69) is 5.32 Å². The van der Waals surface area contributed by atoms with E-state index < -0.39 is 23.4 Å². The largest absolute Gasteiger partial charge is 0.481 e. The number of hydrogen-bond donors (Lipinski definition) is 3. The van der Waals surface area contributed by atoms with Crippen LogP contribution >= 0.6 is 11.8 Å². The zero-order valence-corrected chi connectivity index (χ0v) is 12.5. The predicted molar refractivity (Wildman–Crippen MR) is 75.0 cm³/mol. The van der Waals surface area contributed by atoms with E-state index in [1.165, 1.54) is 11.8 Å². The SMILES string of the molecule is CSCC(C)(O)CNC(=O)[C@H]1CC(C)C[C@H]1C(=O)O. The lowest BCUT2D eigenvalue weighted by molar-refractivity contribution is -0.146. The van der Waals surface area contributed by atoms with E-state index in [0.29, 0.717) is 18.6 Å². The van der Waals surface area contributed by atoms with E-state index in [-0.39, 0.29) is 18.4 Å². The number of carboxylic acid groups (broad SMARTS) is 1.